The number of anilines is 1. The largest absolute Gasteiger partial charge is 0.341 e. The second-order valence-corrected chi connectivity index (χ2v) is 7.24. The van der Waals surface area contributed by atoms with Gasteiger partial charge in [-0.15, -0.1) is 0 Å². The molecule has 0 saturated carbocycles. The standard InChI is InChI=1S/C23H29FN4O3/c1-4-18(9-10-20(24)15-22(30)27-13-11-26(3)12-14-27)16-28(23(31)25-2)21-8-6-5-7-19(21)17-29/h4-10,17H,1,11-16H2,2-3H3,(H,25,31)/b18-9+,20-10+. The molecule has 0 bridgehead atoms. The van der Waals surface area contributed by atoms with Crippen molar-refractivity contribution in [2.75, 3.05) is 51.7 Å². The summed E-state index contributed by atoms with van der Waals surface area (Å²) >= 11 is 0. The number of rotatable bonds is 8. The topological polar surface area (TPSA) is 73.0 Å². The third-order valence-electron chi connectivity index (χ3n) is 5.07. The van der Waals surface area contributed by atoms with Gasteiger partial charge in [0.1, 0.15) is 5.83 Å². The number of hydrogen-bond donors (Lipinski definition) is 1. The molecule has 0 radical (unpaired) electrons. The maximum Gasteiger partial charge on any atom is 0.321 e. The number of para-hydroxylation sites is 1. The van der Waals surface area contributed by atoms with Crippen LogP contribution in [0.5, 0.6) is 0 Å². The Morgan fingerprint density at radius 2 is 1.87 bits per heavy atom. The van der Waals surface area contributed by atoms with Gasteiger partial charge in [0.25, 0.3) is 0 Å². The fourth-order valence-corrected chi connectivity index (χ4v) is 3.17. The van der Waals surface area contributed by atoms with Crippen LogP contribution in [0.25, 0.3) is 0 Å². The number of likely N-dealkylation sites (N-methyl/N-ethyl adjacent to an activating group) is 1. The fraction of sp³-hybridized carbons (Fsp3) is 0.348. The minimum Gasteiger partial charge on any atom is -0.341 e. The molecule has 1 saturated heterocycles. The van der Waals surface area contributed by atoms with Crippen molar-refractivity contribution in [3.63, 3.8) is 0 Å². The summed E-state index contributed by atoms with van der Waals surface area (Å²) in [5.74, 6) is -0.814. The Labute approximate surface area is 182 Å². The third kappa shape index (κ3) is 6.89. The van der Waals surface area contributed by atoms with Gasteiger partial charge in [0.2, 0.25) is 5.91 Å². The van der Waals surface area contributed by atoms with Crippen LogP contribution in [-0.4, -0.2) is 74.8 Å². The zero-order valence-electron chi connectivity index (χ0n) is 18.0. The number of halogens is 1. The van der Waals surface area contributed by atoms with E-state index in [1.807, 2.05) is 7.05 Å². The summed E-state index contributed by atoms with van der Waals surface area (Å²) in [4.78, 5) is 41.2. The van der Waals surface area contributed by atoms with Crippen molar-refractivity contribution in [1.82, 2.24) is 15.1 Å². The van der Waals surface area contributed by atoms with Gasteiger partial charge in [-0.05, 0) is 30.8 Å². The zero-order valence-corrected chi connectivity index (χ0v) is 18.0. The molecular formula is C23H29FN4O3. The first-order valence-corrected chi connectivity index (χ1v) is 10.1. The molecule has 1 fully saturated rings. The predicted octanol–water partition coefficient (Wildman–Crippen LogP) is 2.77. The van der Waals surface area contributed by atoms with E-state index in [0.717, 1.165) is 13.1 Å². The smallest absolute Gasteiger partial charge is 0.321 e. The van der Waals surface area contributed by atoms with E-state index in [9.17, 15) is 18.8 Å². The second-order valence-electron chi connectivity index (χ2n) is 7.24. The SMILES string of the molecule is C=C/C(=C\C=C(\F)CC(=O)N1CCN(C)CC1)CN(C(=O)NC)c1ccccc1C=O. The lowest BCUT2D eigenvalue weighted by Crippen LogP contribution is -2.47. The first-order chi connectivity index (χ1) is 14.9. The van der Waals surface area contributed by atoms with E-state index >= 15 is 0 Å². The molecule has 1 aromatic rings. The molecule has 0 spiro atoms. The highest BCUT2D eigenvalue weighted by Gasteiger charge is 2.20. The van der Waals surface area contributed by atoms with Crippen LogP contribution in [0.1, 0.15) is 16.8 Å². The Bertz CT molecular complexity index is 873. The van der Waals surface area contributed by atoms with E-state index in [0.29, 0.717) is 36.2 Å². The van der Waals surface area contributed by atoms with E-state index in [1.165, 1.54) is 30.2 Å². The van der Waals surface area contributed by atoms with E-state index < -0.39 is 11.9 Å². The van der Waals surface area contributed by atoms with Gasteiger partial charge in [-0.2, -0.15) is 0 Å². The van der Waals surface area contributed by atoms with Crippen molar-refractivity contribution in [3.05, 3.63) is 66.0 Å². The minimum atomic E-state index is -0.567. The molecule has 0 atom stereocenters. The van der Waals surface area contributed by atoms with Crippen LogP contribution in [0.15, 0.2) is 60.5 Å². The number of carbonyl (C=O) groups is 3. The number of nitrogens with zero attached hydrogens (tertiary/aromatic N) is 3. The van der Waals surface area contributed by atoms with Crippen LogP contribution < -0.4 is 10.2 Å². The number of allylic oxidation sites excluding steroid dienone is 2. The highest BCUT2D eigenvalue weighted by molar-refractivity contribution is 5.97. The Morgan fingerprint density at radius 1 is 1.19 bits per heavy atom. The van der Waals surface area contributed by atoms with Crippen LogP contribution >= 0.6 is 0 Å². The van der Waals surface area contributed by atoms with Crippen molar-refractivity contribution in [3.8, 4) is 0 Å². The molecule has 166 valence electrons. The molecule has 1 aliphatic rings. The second kappa shape index (κ2) is 11.8. The normalized spacial score (nSPS) is 15.4. The highest BCUT2D eigenvalue weighted by Crippen LogP contribution is 2.21. The van der Waals surface area contributed by atoms with Crippen LogP contribution in [0.3, 0.4) is 0 Å². The van der Waals surface area contributed by atoms with Gasteiger partial charge in [0.05, 0.1) is 18.7 Å². The maximum absolute atomic E-state index is 14.4. The maximum atomic E-state index is 14.4. The van der Waals surface area contributed by atoms with Crippen molar-refractivity contribution in [2.24, 2.45) is 0 Å². The molecule has 1 N–H and O–H groups in total. The van der Waals surface area contributed by atoms with Gasteiger partial charge in [-0.3, -0.25) is 14.5 Å². The molecule has 0 aromatic heterocycles. The van der Waals surface area contributed by atoms with Crippen molar-refractivity contribution in [2.45, 2.75) is 6.42 Å². The lowest BCUT2D eigenvalue weighted by atomic mass is 10.1. The number of aldehydes is 1. The Morgan fingerprint density at radius 3 is 2.48 bits per heavy atom. The summed E-state index contributed by atoms with van der Waals surface area (Å²) in [5, 5.41) is 2.54. The van der Waals surface area contributed by atoms with Crippen LogP contribution in [0, 0.1) is 0 Å². The molecule has 3 amide bonds. The highest BCUT2D eigenvalue weighted by atomic mass is 19.1. The predicted molar refractivity (Wildman–Crippen MR) is 120 cm³/mol. The molecule has 8 heteroatoms. The summed E-state index contributed by atoms with van der Waals surface area (Å²) in [6.45, 7) is 6.53. The number of nitrogens with one attached hydrogen (secondary N) is 1. The molecule has 1 aliphatic heterocycles. The van der Waals surface area contributed by atoms with E-state index in [1.54, 1.807) is 29.2 Å². The molecule has 1 heterocycles. The van der Waals surface area contributed by atoms with Gasteiger partial charge in [-0.1, -0.05) is 30.9 Å². The lowest BCUT2D eigenvalue weighted by Gasteiger charge is -2.32. The van der Waals surface area contributed by atoms with Crippen LogP contribution in [0.4, 0.5) is 14.9 Å². The van der Waals surface area contributed by atoms with Gasteiger partial charge < -0.3 is 15.1 Å². The summed E-state index contributed by atoms with van der Waals surface area (Å²) in [6.07, 6.45) is 4.58. The van der Waals surface area contributed by atoms with E-state index in [2.05, 4.69) is 16.8 Å². The summed E-state index contributed by atoms with van der Waals surface area (Å²) in [7, 11) is 3.47. The van der Waals surface area contributed by atoms with Gasteiger partial charge in [0.15, 0.2) is 6.29 Å². The number of hydrogen-bond acceptors (Lipinski definition) is 4. The number of benzene rings is 1. The number of amides is 3. The molecule has 31 heavy (non-hydrogen) atoms. The van der Waals surface area contributed by atoms with E-state index in [4.69, 9.17) is 0 Å². The molecule has 7 nitrogen and oxygen atoms in total. The zero-order chi connectivity index (χ0) is 22.8. The lowest BCUT2D eigenvalue weighted by molar-refractivity contribution is -0.132. The van der Waals surface area contributed by atoms with Crippen molar-refractivity contribution in [1.29, 1.82) is 0 Å². The summed E-state index contributed by atoms with van der Waals surface area (Å²) in [6, 6.07) is 6.27. The first kappa shape index (κ1) is 24.0. The first-order valence-electron chi connectivity index (χ1n) is 10.1. The van der Waals surface area contributed by atoms with Gasteiger partial charge in [-0.25, -0.2) is 9.18 Å². The average molecular weight is 429 g/mol. The Hall–Kier alpha value is -3.26. The third-order valence-corrected chi connectivity index (χ3v) is 5.07. The summed E-state index contributed by atoms with van der Waals surface area (Å²) in [5.41, 5.74) is 1.33. The molecule has 0 unspecified atom stereocenters. The minimum absolute atomic E-state index is 0.0736. The molecular weight excluding hydrogens is 399 g/mol. The van der Waals surface area contributed by atoms with Gasteiger partial charge in [0, 0.05) is 38.8 Å². The Balaban J connectivity index is 2.12. The van der Waals surface area contributed by atoms with Crippen LogP contribution in [-0.2, 0) is 4.79 Å². The Kier molecular flexibility index (Phi) is 9.14. The fourth-order valence-electron chi connectivity index (χ4n) is 3.17. The molecule has 2 rings (SSSR count). The summed E-state index contributed by atoms with van der Waals surface area (Å²) < 4.78 is 14.4. The number of carbonyl (C=O) groups excluding carboxylic acids is 3. The molecule has 1 aromatic carbocycles. The van der Waals surface area contributed by atoms with Crippen molar-refractivity contribution < 1.29 is 18.8 Å². The quantitative estimate of drug-likeness (QED) is 0.511. The van der Waals surface area contributed by atoms with E-state index in [-0.39, 0.29) is 18.9 Å². The number of piperazine rings is 1. The monoisotopic (exact) mass is 428 g/mol. The van der Waals surface area contributed by atoms with Crippen LogP contribution in [0.2, 0.25) is 0 Å². The molecule has 0 aliphatic carbocycles. The average Bonchev–Trinajstić information content (AvgIpc) is 2.79. The van der Waals surface area contributed by atoms with Crippen molar-refractivity contribution >= 4 is 23.9 Å². The number of urea groups is 1. The van der Waals surface area contributed by atoms with Gasteiger partial charge >= 0.3 is 6.03 Å².